The van der Waals surface area contributed by atoms with E-state index in [4.69, 9.17) is 4.42 Å². The second kappa shape index (κ2) is 9.21. The maximum absolute atomic E-state index is 12.3. The van der Waals surface area contributed by atoms with Crippen LogP contribution in [0.2, 0.25) is 0 Å². The molecule has 0 aliphatic carbocycles. The quantitative estimate of drug-likeness (QED) is 0.672. The maximum atomic E-state index is 12.3. The van der Waals surface area contributed by atoms with Crippen LogP contribution in [0.3, 0.4) is 0 Å². The third-order valence-electron chi connectivity index (χ3n) is 4.71. The van der Waals surface area contributed by atoms with E-state index in [1.165, 1.54) is 12.6 Å². The van der Waals surface area contributed by atoms with Gasteiger partial charge in [-0.15, -0.1) is 10.2 Å². The van der Waals surface area contributed by atoms with Gasteiger partial charge in [0.1, 0.15) is 0 Å². The summed E-state index contributed by atoms with van der Waals surface area (Å²) < 4.78 is 5.54. The molecule has 1 unspecified atom stereocenters. The number of nitrogens with zero attached hydrogens (tertiary/aromatic N) is 4. The van der Waals surface area contributed by atoms with Crippen LogP contribution in [-0.4, -0.2) is 51.5 Å². The van der Waals surface area contributed by atoms with Gasteiger partial charge < -0.3 is 9.73 Å². The van der Waals surface area contributed by atoms with Crippen molar-refractivity contribution >= 4 is 41.0 Å². The topological polar surface area (TPSA) is 118 Å². The number of rotatable bonds is 7. The number of benzene rings is 1. The Bertz CT molecular complexity index is 983. The molecule has 2 heterocycles. The number of carbonyl (C=O) groups is 3. The Balaban J connectivity index is 1.53. The summed E-state index contributed by atoms with van der Waals surface area (Å²) >= 11 is 1.11. The molecule has 1 aromatic heterocycles. The molecule has 158 valence electrons. The van der Waals surface area contributed by atoms with E-state index in [2.05, 4.69) is 34.4 Å². The Hall–Kier alpha value is -3.01. The van der Waals surface area contributed by atoms with Crippen LogP contribution in [0.4, 0.5) is 10.5 Å². The number of aliphatic imine (C=N–C) groups is 1. The van der Waals surface area contributed by atoms with Crippen molar-refractivity contribution in [3.05, 3.63) is 35.7 Å². The van der Waals surface area contributed by atoms with Crippen molar-refractivity contribution in [2.75, 3.05) is 18.1 Å². The van der Waals surface area contributed by atoms with Crippen LogP contribution in [0, 0.1) is 5.92 Å². The summed E-state index contributed by atoms with van der Waals surface area (Å²) in [5.41, 5.74) is 2.34. The van der Waals surface area contributed by atoms with Gasteiger partial charge in [-0.3, -0.25) is 14.5 Å². The average Bonchev–Trinajstić information content (AvgIpc) is 3.16. The van der Waals surface area contributed by atoms with Crippen LogP contribution in [0.1, 0.15) is 38.1 Å². The highest BCUT2D eigenvalue weighted by Crippen LogP contribution is 2.22. The summed E-state index contributed by atoms with van der Waals surface area (Å²) in [5, 5.41) is 10.9. The van der Waals surface area contributed by atoms with Gasteiger partial charge >= 0.3 is 6.03 Å². The van der Waals surface area contributed by atoms with Gasteiger partial charge in [-0.05, 0) is 30.5 Å². The molecule has 3 rings (SSSR count). The monoisotopic (exact) mass is 429 g/mol. The minimum absolute atomic E-state index is 0.105. The number of aromatic nitrogens is 2. The molecule has 0 saturated carbocycles. The summed E-state index contributed by atoms with van der Waals surface area (Å²) in [7, 11) is 1.39. The van der Waals surface area contributed by atoms with Crippen molar-refractivity contribution in [2.45, 2.75) is 38.3 Å². The SMILES string of the molecule is CC1=NC(=O)N(C)C(=O)C1Cc1nnc(SCC(=O)Nc2ccc(C(C)C)cc2)o1. The van der Waals surface area contributed by atoms with Crippen molar-refractivity contribution < 1.29 is 18.8 Å². The number of thioether (sulfide) groups is 1. The number of anilines is 1. The lowest BCUT2D eigenvalue weighted by atomic mass is 9.97. The minimum Gasteiger partial charge on any atom is -0.416 e. The molecule has 1 aliphatic rings. The predicted octanol–water partition coefficient (Wildman–Crippen LogP) is 3.14. The summed E-state index contributed by atoms with van der Waals surface area (Å²) in [6, 6.07) is 7.13. The van der Waals surface area contributed by atoms with Crippen molar-refractivity contribution in [1.82, 2.24) is 15.1 Å². The lowest BCUT2D eigenvalue weighted by Gasteiger charge is -2.24. The molecule has 0 spiro atoms. The number of amides is 4. The third kappa shape index (κ3) is 5.12. The van der Waals surface area contributed by atoms with Gasteiger partial charge in [0.25, 0.3) is 5.22 Å². The van der Waals surface area contributed by atoms with Gasteiger partial charge in [0, 0.05) is 24.9 Å². The summed E-state index contributed by atoms with van der Waals surface area (Å²) in [6.07, 6.45) is 0.147. The second-order valence-corrected chi connectivity index (χ2v) is 8.19. The van der Waals surface area contributed by atoms with Gasteiger partial charge in [-0.1, -0.05) is 37.7 Å². The van der Waals surface area contributed by atoms with Gasteiger partial charge in [0.2, 0.25) is 17.7 Å². The van der Waals surface area contributed by atoms with Crippen LogP contribution >= 0.6 is 11.8 Å². The molecule has 0 saturated heterocycles. The van der Waals surface area contributed by atoms with Crippen LogP contribution in [-0.2, 0) is 16.0 Å². The first-order chi connectivity index (χ1) is 14.2. The van der Waals surface area contributed by atoms with Crippen molar-refractivity contribution in [3.63, 3.8) is 0 Å². The van der Waals surface area contributed by atoms with E-state index in [1.54, 1.807) is 6.92 Å². The molecule has 1 atom stereocenters. The van der Waals surface area contributed by atoms with E-state index in [-0.39, 0.29) is 35.1 Å². The van der Waals surface area contributed by atoms with Gasteiger partial charge in [0.05, 0.1) is 11.7 Å². The lowest BCUT2D eigenvalue weighted by molar-refractivity contribution is -0.129. The van der Waals surface area contributed by atoms with E-state index < -0.39 is 11.9 Å². The predicted molar refractivity (Wildman–Crippen MR) is 113 cm³/mol. The molecular formula is C20H23N5O4S. The minimum atomic E-state index is -0.622. The van der Waals surface area contributed by atoms with Crippen LogP contribution in [0.25, 0.3) is 0 Å². The maximum Gasteiger partial charge on any atom is 0.349 e. The van der Waals surface area contributed by atoms with Gasteiger partial charge in [-0.2, -0.15) is 0 Å². The van der Waals surface area contributed by atoms with Crippen molar-refractivity contribution in [1.29, 1.82) is 0 Å². The Kier molecular flexibility index (Phi) is 6.66. The number of carbonyl (C=O) groups excluding carboxylic acids is 3. The molecule has 1 N–H and O–H groups in total. The zero-order chi connectivity index (χ0) is 21.8. The molecule has 10 heteroatoms. The fourth-order valence-electron chi connectivity index (χ4n) is 2.87. The van der Waals surface area contributed by atoms with E-state index in [1.807, 2.05) is 24.3 Å². The number of hydrogen-bond acceptors (Lipinski definition) is 7. The van der Waals surface area contributed by atoms with Crippen LogP contribution in [0.5, 0.6) is 0 Å². The van der Waals surface area contributed by atoms with E-state index in [0.29, 0.717) is 11.6 Å². The Labute approximate surface area is 178 Å². The highest BCUT2D eigenvalue weighted by Gasteiger charge is 2.34. The lowest BCUT2D eigenvalue weighted by Crippen LogP contribution is -2.44. The zero-order valence-electron chi connectivity index (χ0n) is 17.2. The molecular weight excluding hydrogens is 406 g/mol. The largest absolute Gasteiger partial charge is 0.416 e. The molecule has 0 bridgehead atoms. The van der Waals surface area contributed by atoms with Gasteiger partial charge in [0.15, 0.2) is 0 Å². The Morgan fingerprint density at radius 1 is 1.23 bits per heavy atom. The smallest absolute Gasteiger partial charge is 0.349 e. The first-order valence-electron chi connectivity index (χ1n) is 9.46. The highest BCUT2D eigenvalue weighted by molar-refractivity contribution is 7.99. The average molecular weight is 430 g/mol. The number of nitrogens with one attached hydrogen (secondary N) is 1. The Morgan fingerprint density at radius 2 is 1.93 bits per heavy atom. The van der Waals surface area contributed by atoms with E-state index in [0.717, 1.165) is 22.3 Å². The van der Waals surface area contributed by atoms with Crippen molar-refractivity contribution in [2.24, 2.45) is 10.9 Å². The van der Waals surface area contributed by atoms with Gasteiger partial charge in [-0.25, -0.2) is 9.79 Å². The molecule has 4 amide bonds. The number of imide groups is 1. The fourth-order valence-corrected chi connectivity index (χ4v) is 3.46. The zero-order valence-corrected chi connectivity index (χ0v) is 18.0. The third-order valence-corrected chi connectivity index (χ3v) is 5.53. The summed E-state index contributed by atoms with van der Waals surface area (Å²) in [4.78, 5) is 40.8. The molecule has 9 nitrogen and oxygen atoms in total. The number of hydrogen-bond donors (Lipinski definition) is 1. The molecule has 2 aromatic rings. The molecule has 1 aliphatic heterocycles. The molecule has 30 heavy (non-hydrogen) atoms. The highest BCUT2D eigenvalue weighted by atomic mass is 32.2. The first kappa shape index (κ1) is 21.7. The van der Waals surface area contributed by atoms with Crippen LogP contribution in [0.15, 0.2) is 38.9 Å². The first-order valence-corrected chi connectivity index (χ1v) is 10.4. The summed E-state index contributed by atoms with van der Waals surface area (Å²) in [5.74, 6) is -0.392. The van der Waals surface area contributed by atoms with E-state index in [9.17, 15) is 14.4 Å². The fraction of sp³-hybridized carbons (Fsp3) is 0.400. The summed E-state index contributed by atoms with van der Waals surface area (Å²) in [6.45, 7) is 5.84. The molecule has 1 aromatic carbocycles. The molecule has 0 radical (unpaired) electrons. The van der Waals surface area contributed by atoms with Crippen molar-refractivity contribution in [3.8, 4) is 0 Å². The van der Waals surface area contributed by atoms with E-state index >= 15 is 0 Å². The Morgan fingerprint density at radius 3 is 2.60 bits per heavy atom. The standard InChI is InChI=1S/C20H23N5O4S/c1-11(2)13-5-7-14(8-6-13)22-16(26)10-30-20-24-23-17(29-20)9-15-12(3)21-19(28)25(4)18(15)27/h5-8,11,15H,9-10H2,1-4H3,(H,22,26). The number of urea groups is 1. The second-order valence-electron chi connectivity index (χ2n) is 7.26. The molecule has 0 fully saturated rings. The normalized spacial score (nSPS) is 16.8. The van der Waals surface area contributed by atoms with Crippen LogP contribution < -0.4 is 5.32 Å².